The predicted molar refractivity (Wildman–Crippen MR) is 69.4 cm³/mol. The Morgan fingerprint density at radius 2 is 1.72 bits per heavy atom. The summed E-state index contributed by atoms with van der Waals surface area (Å²) in [6.07, 6.45) is 0.158. The van der Waals surface area contributed by atoms with Gasteiger partial charge in [-0.25, -0.2) is 0 Å². The minimum Gasteiger partial charge on any atom is -0.376 e. The van der Waals surface area contributed by atoms with Crippen LogP contribution in [0.15, 0.2) is 0 Å². The van der Waals surface area contributed by atoms with Gasteiger partial charge in [-0.15, -0.1) is 0 Å². The normalized spacial score (nSPS) is 12.8. The van der Waals surface area contributed by atoms with Gasteiger partial charge in [0.1, 0.15) is 6.61 Å². The maximum absolute atomic E-state index is 11.5. The first-order valence-electron chi connectivity index (χ1n) is 6.33. The van der Waals surface area contributed by atoms with Gasteiger partial charge >= 0.3 is 0 Å². The highest BCUT2D eigenvalue weighted by Gasteiger charge is 2.20. The zero-order valence-corrected chi connectivity index (χ0v) is 12.0. The molecule has 0 aliphatic rings. The molecular weight excluding hydrogens is 234 g/mol. The summed E-state index contributed by atoms with van der Waals surface area (Å²) in [5.74, 6) is -0.231. The second-order valence-electron chi connectivity index (χ2n) is 4.87. The van der Waals surface area contributed by atoms with E-state index in [-0.39, 0.29) is 30.3 Å². The van der Waals surface area contributed by atoms with E-state index >= 15 is 0 Å². The molecule has 1 amide bonds. The molecule has 106 valence electrons. The zero-order chi connectivity index (χ0) is 14.1. The topological polar surface area (TPSA) is 64.6 Å². The van der Waals surface area contributed by atoms with E-state index < -0.39 is 6.04 Å². The standard InChI is InChI=1S/C13H25NO4/c1-9(2)13(11(5)15)14-12(16)8-17-6-7-18-10(3)4/h9-10,13H,6-8H2,1-5H3,(H,14,16). The average molecular weight is 259 g/mol. The molecule has 0 spiro atoms. The molecule has 0 aromatic rings. The first kappa shape index (κ1) is 17.1. The van der Waals surface area contributed by atoms with Crippen molar-refractivity contribution in [1.82, 2.24) is 5.32 Å². The van der Waals surface area contributed by atoms with Gasteiger partial charge in [0.15, 0.2) is 5.78 Å². The number of hydrogen-bond donors (Lipinski definition) is 1. The summed E-state index contributed by atoms with van der Waals surface area (Å²) in [5, 5.41) is 2.66. The monoisotopic (exact) mass is 259 g/mol. The van der Waals surface area contributed by atoms with Crippen molar-refractivity contribution >= 4 is 11.7 Å². The van der Waals surface area contributed by atoms with Crippen molar-refractivity contribution in [1.29, 1.82) is 0 Å². The van der Waals surface area contributed by atoms with Crippen molar-refractivity contribution in [2.45, 2.75) is 46.8 Å². The lowest BCUT2D eigenvalue weighted by Gasteiger charge is -2.19. The van der Waals surface area contributed by atoms with Crippen LogP contribution in [-0.4, -0.2) is 43.7 Å². The Labute approximate surface area is 109 Å². The van der Waals surface area contributed by atoms with Crippen molar-refractivity contribution in [2.75, 3.05) is 19.8 Å². The summed E-state index contributed by atoms with van der Waals surface area (Å²) in [6, 6.07) is -0.437. The minimum atomic E-state index is -0.437. The first-order chi connectivity index (χ1) is 8.34. The van der Waals surface area contributed by atoms with Gasteiger partial charge in [-0.1, -0.05) is 13.8 Å². The molecule has 18 heavy (non-hydrogen) atoms. The fraction of sp³-hybridized carbons (Fsp3) is 0.846. The number of rotatable bonds is 9. The molecule has 0 saturated carbocycles. The smallest absolute Gasteiger partial charge is 0.246 e. The number of hydrogen-bond acceptors (Lipinski definition) is 4. The van der Waals surface area contributed by atoms with E-state index in [4.69, 9.17) is 9.47 Å². The van der Waals surface area contributed by atoms with Gasteiger partial charge in [0, 0.05) is 0 Å². The molecule has 0 aliphatic carbocycles. The molecule has 0 aromatic heterocycles. The molecule has 0 heterocycles. The van der Waals surface area contributed by atoms with Crippen molar-refractivity contribution in [3.63, 3.8) is 0 Å². The van der Waals surface area contributed by atoms with Crippen molar-refractivity contribution in [3.05, 3.63) is 0 Å². The summed E-state index contributed by atoms with van der Waals surface area (Å²) in [7, 11) is 0. The second-order valence-corrected chi connectivity index (χ2v) is 4.87. The van der Waals surface area contributed by atoms with Gasteiger partial charge in [-0.05, 0) is 26.7 Å². The summed E-state index contributed by atoms with van der Waals surface area (Å²) in [5.41, 5.74) is 0. The Bertz CT molecular complexity index is 264. The molecule has 1 N–H and O–H groups in total. The van der Waals surface area contributed by atoms with Crippen molar-refractivity contribution in [3.8, 4) is 0 Å². The van der Waals surface area contributed by atoms with Crippen LogP contribution in [0.1, 0.15) is 34.6 Å². The molecule has 0 aliphatic heterocycles. The number of Topliss-reactive ketones (excluding diaryl/α,β-unsaturated/α-hetero) is 1. The van der Waals surface area contributed by atoms with Gasteiger partial charge < -0.3 is 14.8 Å². The van der Waals surface area contributed by atoms with E-state index in [9.17, 15) is 9.59 Å². The molecule has 0 aromatic carbocycles. The Hall–Kier alpha value is -0.940. The largest absolute Gasteiger partial charge is 0.376 e. The number of amides is 1. The van der Waals surface area contributed by atoms with Crippen LogP contribution in [0.4, 0.5) is 0 Å². The third-order valence-electron chi connectivity index (χ3n) is 2.33. The van der Waals surface area contributed by atoms with Gasteiger partial charge in [0.05, 0.1) is 25.4 Å². The summed E-state index contributed by atoms with van der Waals surface area (Å²) < 4.78 is 10.4. The Balaban J connectivity index is 3.79. The number of carbonyl (C=O) groups excluding carboxylic acids is 2. The molecule has 5 heteroatoms. The van der Waals surface area contributed by atoms with Crippen LogP contribution in [0.2, 0.25) is 0 Å². The number of nitrogens with one attached hydrogen (secondary N) is 1. The highest BCUT2D eigenvalue weighted by atomic mass is 16.5. The first-order valence-corrected chi connectivity index (χ1v) is 6.33. The molecule has 0 fully saturated rings. The van der Waals surface area contributed by atoms with Crippen LogP contribution >= 0.6 is 0 Å². The number of ether oxygens (including phenoxy) is 2. The maximum Gasteiger partial charge on any atom is 0.246 e. The molecule has 0 radical (unpaired) electrons. The summed E-state index contributed by atoms with van der Waals surface area (Å²) in [4.78, 5) is 22.8. The fourth-order valence-corrected chi connectivity index (χ4v) is 1.46. The fourth-order valence-electron chi connectivity index (χ4n) is 1.46. The number of carbonyl (C=O) groups is 2. The van der Waals surface area contributed by atoms with E-state index in [0.29, 0.717) is 13.2 Å². The molecule has 0 rings (SSSR count). The van der Waals surface area contributed by atoms with E-state index in [1.807, 2.05) is 27.7 Å². The van der Waals surface area contributed by atoms with Crippen LogP contribution in [0.25, 0.3) is 0 Å². The lowest BCUT2D eigenvalue weighted by atomic mass is 10.0. The quantitative estimate of drug-likeness (QED) is 0.631. The molecule has 5 nitrogen and oxygen atoms in total. The van der Waals surface area contributed by atoms with Gasteiger partial charge in [0.2, 0.25) is 5.91 Å². The lowest BCUT2D eigenvalue weighted by Crippen LogP contribution is -2.44. The minimum absolute atomic E-state index is 0.0403. The average Bonchev–Trinajstić information content (AvgIpc) is 2.24. The lowest BCUT2D eigenvalue weighted by molar-refractivity contribution is -0.131. The molecular formula is C13H25NO4. The van der Waals surface area contributed by atoms with Crippen molar-refractivity contribution in [2.24, 2.45) is 5.92 Å². The van der Waals surface area contributed by atoms with Crippen LogP contribution < -0.4 is 5.32 Å². The number of ketones is 1. The highest BCUT2D eigenvalue weighted by Crippen LogP contribution is 2.02. The van der Waals surface area contributed by atoms with Crippen LogP contribution in [0.5, 0.6) is 0 Å². The van der Waals surface area contributed by atoms with Crippen LogP contribution in [0.3, 0.4) is 0 Å². The SMILES string of the molecule is CC(=O)C(NC(=O)COCCOC(C)C)C(C)C. The molecule has 1 unspecified atom stereocenters. The third-order valence-corrected chi connectivity index (χ3v) is 2.33. The Morgan fingerprint density at radius 1 is 1.11 bits per heavy atom. The van der Waals surface area contributed by atoms with E-state index in [1.165, 1.54) is 6.92 Å². The maximum atomic E-state index is 11.5. The van der Waals surface area contributed by atoms with Crippen molar-refractivity contribution < 1.29 is 19.1 Å². The third kappa shape index (κ3) is 8.20. The van der Waals surface area contributed by atoms with Crippen LogP contribution in [-0.2, 0) is 19.1 Å². The molecule has 1 atom stereocenters. The predicted octanol–water partition coefficient (Wildman–Crippen LogP) is 1.16. The highest BCUT2D eigenvalue weighted by molar-refractivity contribution is 5.88. The van der Waals surface area contributed by atoms with E-state index in [2.05, 4.69) is 5.32 Å². The Morgan fingerprint density at radius 3 is 2.17 bits per heavy atom. The summed E-state index contributed by atoms with van der Waals surface area (Å²) >= 11 is 0. The summed E-state index contributed by atoms with van der Waals surface area (Å²) in [6.45, 7) is 9.93. The van der Waals surface area contributed by atoms with Gasteiger partial charge in [0.25, 0.3) is 0 Å². The zero-order valence-electron chi connectivity index (χ0n) is 12.0. The second kappa shape index (κ2) is 9.05. The van der Waals surface area contributed by atoms with Crippen LogP contribution in [0, 0.1) is 5.92 Å². The molecule has 0 saturated heterocycles. The Kier molecular flexibility index (Phi) is 8.58. The van der Waals surface area contributed by atoms with E-state index in [1.54, 1.807) is 0 Å². The van der Waals surface area contributed by atoms with Gasteiger partial charge in [-0.3, -0.25) is 9.59 Å². The van der Waals surface area contributed by atoms with Gasteiger partial charge in [-0.2, -0.15) is 0 Å². The van der Waals surface area contributed by atoms with E-state index in [0.717, 1.165) is 0 Å². The molecule has 0 bridgehead atoms.